The number of aromatic nitrogens is 2. The highest BCUT2D eigenvalue weighted by atomic mass is 16.5. The molecule has 0 N–H and O–H groups in total. The highest BCUT2D eigenvalue weighted by molar-refractivity contribution is 5.94. The molecule has 0 radical (unpaired) electrons. The Hall–Kier alpha value is -4.14. The van der Waals surface area contributed by atoms with Crippen LogP contribution in [0.2, 0.25) is 0 Å². The van der Waals surface area contributed by atoms with Crippen molar-refractivity contribution in [2.24, 2.45) is 0 Å². The van der Waals surface area contributed by atoms with Crippen molar-refractivity contribution >= 4 is 29.7 Å². The van der Waals surface area contributed by atoms with Crippen LogP contribution in [0.3, 0.4) is 0 Å². The monoisotopic (exact) mass is 504 g/mol. The van der Waals surface area contributed by atoms with Crippen LogP contribution in [0, 0.1) is 6.92 Å². The lowest BCUT2D eigenvalue weighted by Gasteiger charge is -2.27. The van der Waals surface area contributed by atoms with Gasteiger partial charge in [0.25, 0.3) is 0 Å². The highest BCUT2D eigenvalue weighted by Gasteiger charge is 2.24. The number of benzene rings is 2. The van der Waals surface area contributed by atoms with Crippen molar-refractivity contribution in [3.05, 3.63) is 65.5 Å². The lowest BCUT2D eigenvalue weighted by atomic mass is 10.1. The van der Waals surface area contributed by atoms with Gasteiger partial charge in [0.2, 0.25) is 12.3 Å². The second kappa shape index (κ2) is 11.7. The molecule has 0 saturated carbocycles. The maximum atomic E-state index is 12.7. The van der Waals surface area contributed by atoms with Crippen molar-refractivity contribution < 1.29 is 23.9 Å². The number of piperidine rings is 1. The summed E-state index contributed by atoms with van der Waals surface area (Å²) in [4.78, 5) is 40.3. The number of rotatable bonds is 10. The summed E-state index contributed by atoms with van der Waals surface area (Å²) < 4.78 is 12.2. The van der Waals surface area contributed by atoms with E-state index in [9.17, 15) is 14.4 Å². The van der Waals surface area contributed by atoms with Gasteiger partial charge >= 0.3 is 5.97 Å². The number of hydrogen-bond donors (Lipinski definition) is 0. The van der Waals surface area contributed by atoms with Crippen molar-refractivity contribution in [2.45, 2.75) is 39.5 Å². The Labute approximate surface area is 216 Å². The molecule has 9 nitrogen and oxygen atoms in total. The van der Waals surface area contributed by atoms with Gasteiger partial charge in [-0.1, -0.05) is 0 Å². The van der Waals surface area contributed by atoms with Gasteiger partial charge < -0.3 is 19.3 Å². The number of carbonyl (C=O) groups is 3. The fraction of sp³-hybridized carbons (Fsp3) is 0.357. The number of hydrogen-bond acceptors (Lipinski definition) is 6. The molecular formula is C28H32N4O5. The first-order valence-electron chi connectivity index (χ1n) is 12.5. The lowest BCUT2D eigenvalue weighted by Crippen LogP contribution is -2.35. The van der Waals surface area contributed by atoms with Crippen molar-refractivity contribution in [1.82, 2.24) is 9.78 Å². The smallest absolute Gasteiger partial charge is 0.359 e. The Kier molecular flexibility index (Phi) is 8.22. The lowest BCUT2D eigenvalue weighted by molar-refractivity contribution is -0.119. The Morgan fingerprint density at radius 2 is 1.78 bits per heavy atom. The van der Waals surface area contributed by atoms with E-state index in [0.29, 0.717) is 31.6 Å². The van der Waals surface area contributed by atoms with Gasteiger partial charge in [0, 0.05) is 42.1 Å². The number of methoxy groups -OCH3 is 1. The minimum absolute atomic E-state index is 0.127. The second-order valence-corrected chi connectivity index (χ2v) is 8.81. The van der Waals surface area contributed by atoms with E-state index in [1.807, 2.05) is 55.5 Å². The predicted octanol–water partition coefficient (Wildman–Crippen LogP) is 4.09. The zero-order valence-corrected chi connectivity index (χ0v) is 21.5. The first-order valence-corrected chi connectivity index (χ1v) is 12.5. The van der Waals surface area contributed by atoms with E-state index in [0.717, 1.165) is 47.6 Å². The van der Waals surface area contributed by atoms with Gasteiger partial charge in [0.1, 0.15) is 5.75 Å². The van der Waals surface area contributed by atoms with E-state index in [-0.39, 0.29) is 18.2 Å². The van der Waals surface area contributed by atoms with Crippen LogP contribution < -0.4 is 14.5 Å². The quantitative estimate of drug-likeness (QED) is 0.305. The number of nitrogens with zero attached hydrogens (tertiary/aromatic N) is 4. The standard InChI is InChI=1S/C28H32N4O5/c1-4-37-28(35)27-25(20(2)32(29-27)23-12-14-24(36-3)15-13-23)16-18-30(19-33)21-8-10-22(11-9-21)31-17-6-5-7-26(31)34/h8-15,19H,4-7,16-18H2,1-3H3. The third-order valence-electron chi connectivity index (χ3n) is 6.57. The number of anilines is 2. The molecule has 1 aliphatic rings. The molecule has 1 saturated heterocycles. The van der Waals surface area contributed by atoms with Crippen molar-refractivity contribution in [3.63, 3.8) is 0 Å². The van der Waals surface area contributed by atoms with Gasteiger partial charge in [-0.25, -0.2) is 9.48 Å². The normalized spacial score (nSPS) is 13.4. The van der Waals surface area contributed by atoms with Gasteiger partial charge in [-0.05, 0) is 81.6 Å². The van der Waals surface area contributed by atoms with Crippen LogP contribution in [0.25, 0.3) is 5.69 Å². The summed E-state index contributed by atoms with van der Waals surface area (Å²) >= 11 is 0. The van der Waals surface area contributed by atoms with Crippen LogP contribution in [0.4, 0.5) is 11.4 Å². The molecule has 2 amide bonds. The Bertz CT molecular complexity index is 1250. The maximum Gasteiger partial charge on any atom is 0.359 e. The molecule has 9 heteroatoms. The molecule has 0 bridgehead atoms. The topological polar surface area (TPSA) is 94.0 Å². The van der Waals surface area contributed by atoms with Crippen LogP contribution >= 0.6 is 0 Å². The molecule has 0 spiro atoms. The van der Waals surface area contributed by atoms with Gasteiger partial charge in [0.15, 0.2) is 5.69 Å². The summed E-state index contributed by atoms with van der Waals surface area (Å²) in [6.45, 7) is 4.93. The average molecular weight is 505 g/mol. The summed E-state index contributed by atoms with van der Waals surface area (Å²) in [5.41, 5.74) is 4.07. The highest BCUT2D eigenvalue weighted by Crippen LogP contribution is 2.26. The number of ether oxygens (including phenoxy) is 2. The zero-order chi connectivity index (χ0) is 26.4. The number of carbonyl (C=O) groups excluding carboxylic acids is 3. The van der Waals surface area contributed by atoms with Gasteiger partial charge in [-0.2, -0.15) is 5.10 Å². The SMILES string of the molecule is CCOC(=O)c1nn(-c2ccc(OC)cc2)c(C)c1CCN(C=O)c1ccc(N2CCCCC2=O)cc1. The van der Waals surface area contributed by atoms with E-state index >= 15 is 0 Å². The van der Waals surface area contributed by atoms with Crippen LogP contribution in [0.15, 0.2) is 48.5 Å². The maximum absolute atomic E-state index is 12.7. The molecular weight excluding hydrogens is 472 g/mol. The molecule has 3 aromatic rings. The zero-order valence-electron chi connectivity index (χ0n) is 21.5. The van der Waals surface area contributed by atoms with E-state index in [2.05, 4.69) is 5.10 Å². The largest absolute Gasteiger partial charge is 0.497 e. The molecule has 0 atom stereocenters. The molecule has 2 heterocycles. The van der Waals surface area contributed by atoms with Crippen molar-refractivity contribution in [2.75, 3.05) is 36.6 Å². The second-order valence-electron chi connectivity index (χ2n) is 8.81. The summed E-state index contributed by atoms with van der Waals surface area (Å²) in [6.07, 6.45) is 3.65. The first kappa shape index (κ1) is 25.9. The molecule has 4 rings (SSSR count). The van der Waals surface area contributed by atoms with E-state index < -0.39 is 5.97 Å². The van der Waals surface area contributed by atoms with Gasteiger partial charge in [-0.3, -0.25) is 9.59 Å². The molecule has 0 unspecified atom stereocenters. The summed E-state index contributed by atoms with van der Waals surface area (Å²) in [7, 11) is 1.60. The molecule has 37 heavy (non-hydrogen) atoms. The van der Waals surface area contributed by atoms with Crippen LogP contribution in [-0.2, 0) is 20.7 Å². The number of esters is 1. The Balaban J connectivity index is 1.56. The summed E-state index contributed by atoms with van der Waals surface area (Å²) in [6, 6.07) is 14.8. The minimum atomic E-state index is -0.499. The average Bonchev–Trinajstić information content (AvgIpc) is 3.26. The fourth-order valence-corrected chi connectivity index (χ4v) is 4.55. The first-order chi connectivity index (χ1) is 18.0. The molecule has 1 fully saturated rings. The molecule has 194 valence electrons. The minimum Gasteiger partial charge on any atom is -0.497 e. The van der Waals surface area contributed by atoms with E-state index in [1.54, 1.807) is 28.5 Å². The molecule has 1 aliphatic heterocycles. The molecule has 1 aromatic heterocycles. The van der Waals surface area contributed by atoms with Crippen molar-refractivity contribution in [3.8, 4) is 11.4 Å². The summed E-state index contributed by atoms with van der Waals surface area (Å²) in [5.74, 6) is 0.347. The number of amides is 2. The third-order valence-corrected chi connectivity index (χ3v) is 6.57. The van der Waals surface area contributed by atoms with Gasteiger partial charge in [-0.15, -0.1) is 0 Å². The fourth-order valence-electron chi connectivity index (χ4n) is 4.55. The molecule has 0 aliphatic carbocycles. The predicted molar refractivity (Wildman–Crippen MR) is 141 cm³/mol. The molecule has 2 aromatic carbocycles. The van der Waals surface area contributed by atoms with Crippen LogP contribution in [0.1, 0.15) is 47.9 Å². The Morgan fingerprint density at radius 3 is 2.41 bits per heavy atom. The third kappa shape index (κ3) is 5.66. The van der Waals surface area contributed by atoms with Gasteiger partial charge in [0.05, 0.1) is 19.4 Å². The Morgan fingerprint density at radius 1 is 1.08 bits per heavy atom. The van der Waals surface area contributed by atoms with E-state index in [1.165, 1.54) is 0 Å². The van der Waals surface area contributed by atoms with Crippen LogP contribution in [0.5, 0.6) is 5.75 Å². The van der Waals surface area contributed by atoms with Crippen LogP contribution in [-0.4, -0.2) is 54.9 Å². The summed E-state index contributed by atoms with van der Waals surface area (Å²) in [5, 5.41) is 4.56. The van der Waals surface area contributed by atoms with Crippen molar-refractivity contribution in [1.29, 1.82) is 0 Å². The van der Waals surface area contributed by atoms with E-state index in [4.69, 9.17) is 9.47 Å².